The van der Waals surface area contributed by atoms with Crippen LogP contribution in [0, 0.1) is 0 Å². The molecule has 2 aromatic rings. The van der Waals surface area contributed by atoms with Gasteiger partial charge >= 0.3 is 0 Å². The van der Waals surface area contributed by atoms with E-state index in [1.54, 1.807) is 12.1 Å². The van der Waals surface area contributed by atoms with Gasteiger partial charge in [0.2, 0.25) is 0 Å². The Kier molecular flexibility index (Phi) is 6.93. The lowest BCUT2D eigenvalue weighted by molar-refractivity contribution is -0.292. The van der Waals surface area contributed by atoms with Crippen LogP contribution in [-0.4, -0.2) is 53.6 Å². The minimum Gasteiger partial charge on any atom is -0.494 e. The summed E-state index contributed by atoms with van der Waals surface area (Å²) in [6, 6.07) is 13.1. The molecule has 0 amide bonds. The Labute approximate surface area is 169 Å². The number of aliphatic hydroxyl groups excluding tert-OH is 3. The summed E-state index contributed by atoms with van der Waals surface area (Å²) >= 11 is 6.37. The van der Waals surface area contributed by atoms with Crippen molar-refractivity contribution in [2.45, 2.75) is 44.1 Å². The average molecular weight is 409 g/mol. The molecule has 3 rings (SSSR count). The van der Waals surface area contributed by atoms with Gasteiger partial charge in [0.15, 0.2) is 6.29 Å². The first-order valence-electron chi connectivity index (χ1n) is 9.17. The van der Waals surface area contributed by atoms with Gasteiger partial charge in [-0.25, -0.2) is 0 Å². The van der Waals surface area contributed by atoms with Crippen molar-refractivity contribution in [2.24, 2.45) is 0 Å². The van der Waals surface area contributed by atoms with Gasteiger partial charge in [-0.05, 0) is 48.2 Å². The van der Waals surface area contributed by atoms with Gasteiger partial charge in [0, 0.05) is 12.1 Å². The Morgan fingerprint density at radius 3 is 2.36 bits per heavy atom. The highest BCUT2D eigenvalue weighted by Gasteiger charge is 2.44. The summed E-state index contributed by atoms with van der Waals surface area (Å²) in [6.45, 7) is 2.55. The third kappa shape index (κ3) is 4.49. The van der Waals surface area contributed by atoms with Crippen LogP contribution in [0.3, 0.4) is 0 Å². The van der Waals surface area contributed by atoms with Gasteiger partial charge < -0.3 is 29.5 Å². The second kappa shape index (κ2) is 9.22. The number of methoxy groups -OCH3 is 1. The van der Waals surface area contributed by atoms with Crippen LogP contribution in [0.4, 0.5) is 0 Å². The van der Waals surface area contributed by atoms with Crippen molar-refractivity contribution in [1.29, 1.82) is 0 Å². The maximum absolute atomic E-state index is 10.4. The van der Waals surface area contributed by atoms with Crippen LogP contribution in [-0.2, 0) is 15.9 Å². The molecule has 2 aromatic carbocycles. The van der Waals surface area contributed by atoms with E-state index in [0.717, 1.165) is 16.9 Å². The lowest BCUT2D eigenvalue weighted by Crippen LogP contribution is -2.54. The van der Waals surface area contributed by atoms with Crippen LogP contribution < -0.4 is 4.74 Å². The number of halogens is 1. The van der Waals surface area contributed by atoms with Gasteiger partial charge in [0.25, 0.3) is 0 Å². The summed E-state index contributed by atoms with van der Waals surface area (Å²) < 4.78 is 16.2. The van der Waals surface area contributed by atoms with E-state index in [-0.39, 0.29) is 0 Å². The van der Waals surface area contributed by atoms with Gasteiger partial charge in [-0.2, -0.15) is 0 Å². The normalized spacial score (nSPS) is 27.6. The van der Waals surface area contributed by atoms with Crippen LogP contribution in [0.15, 0.2) is 42.5 Å². The zero-order chi connectivity index (χ0) is 20.3. The minimum absolute atomic E-state index is 0.584. The topological polar surface area (TPSA) is 88.4 Å². The van der Waals surface area contributed by atoms with Gasteiger partial charge in [-0.3, -0.25) is 0 Å². The summed E-state index contributed by atoms with van der Waals surface area (Å²) in [7, 11) is 1.37. The van der Waals surface area contributed by atoms with Gasteiger partial charge in [0.05, 0.1) is 6.61 Å². The third-order valence-electron chi connectivity index (χ3n) is 4.83. The van der Waals surface area contributed by atoms with Crippen molar-refractivity contribution < 1.29 is 29.5 Å². The number of rotatable bonds is 6. The Bertz CT molecular complexity index is 779. The molecule has 0 spiro atoms. The summed E-state index contributed by atoms with van der Waals surface area (Å²) in [6.07, 6.45) is -5.30. The van der Waals surface area contributed by atoms with Gasteiger partial charge in [-0.15, -0.1) is 0 Å². The summed E-state index contributed by atoms with van der Waals surface area (Å²) in [4.78, 5) is 0. The molecule has 28 heavy (non-hydrogen) atoms. The summed E-state index contributed by atoms with van der Waals surface area (Å²) in [5.41, 5.74) is 2.55. The van der Waals surface area contributed by atoms with Crippen LogP contribution >= 0.6 is 11.6 Å². The molecule has 1 saturated heterocycles. The molecule has 0 aliphatic carbocycles. The maximum atomic E-state index is 10.4. The van der Waals surface area contributed by atoms with Crippen molar-refractivity contribution in [1.82, 2.24) is 0 Å². The molecular weight excluding hydrogens is 384 g/mol. The first kappa shape index (κ1) is 21.0. The fraction of sp³-hybridized carbons (Fsp3) is 0.429. The minimum atomic E-state index is -1.38. The predicted octanol–water partition coefficient (Wildman–Crippen LogP) is 2.46. The largest absolute Gasteiger partial charge is 0.494 e. The van der Waals surface area contributed by atoms with E-state index in [9.17, 15) is 15.3 Å². The van der Waals surface area contributed by atoms with E-state index in [4.69, 9.17) is 25.8 Å². The molecule has 0 bridgehead atoms. The predicted molar refractivity (Wildman–Crippen MR) is 105 cm³/mol. The second-order valence-electron chi connectivity index (χ2n) is 6.74. The van der Waals surface area contributed by atoms with Crippen LogP contribution in [0.1, 0.15) is 29.7 Å². The summed E-state index contributed by atoms with van der Waals surface area (Å²) in [5, 5.41) is 31.0. The first-order valence-corrected chi connectivity index (χ1v) is 9.55. The molecular formula is C21H25ClO6. The average Bonchev–Trinajstić information content (AvgIpc) is 2.70. The molecule has 7 heteroatoms. The van der Waals surface area contributed by atoms with Crippen molar-refractivity contribution >= 4 is 11.6 Å². The molecule has 5 atom stereocenters. The standard InChI is InChI=1S/C21H25ClO6/c1-3-27-15-7-4-12(5-8-15)10-14-11-13(6-9-16(14)22)20-18(24)17(23)19(25)21(26-2)28-20/h4-9,11,17-21,23-25H,3,10H2,1-2H3/t17-,18+,19-,20-,21+/m0/s1. The highest BCUT2D eigenvalue weighted by Crippen LogP contribution is 2.34. The molecule has 1 aliphatic heterocycles. The molecule has 0 saturated carbocycles. The molecule has 0 aromatic heterocycles. The number of hydrogen-bond acceptors (Lipinski definition) is 6. The first-order chi connectivity index (χ1) is 13.4. The van der Waals surface area contributed by atoms with Crippen LogP contribution in [0.5, 0.6) is 5.75 Å². The van der Waals surface area contributed by atoms with Gasteiger partial charge in [-0.1, -0.05) is 35.9 Å². The molecule has 0 radical (unpaired) electrons. The van der Waals surface area contributed by atoms with E-state index >= 15 is 0 Å². The molecule has 0 unspecified atom stereocenters. The molecule has 1 fully saturated rings. The fourth-order valence-corrected chi connectivity index (χ4v) is 3.50. The SMILES string of the molecule is CCOc1ccc(Cc2cc([C@@H]3O[C@@H](OC)[C@@H](O)[C@@H](O)[C@H]3O)ccc2Cl)cc1. The highest BCUT2D eigenvalue weighted by molar-refractivity contribution is 6.31. The van der Waals surface area contributed by atoms with E-state index < -0.39 is 30.7 Å². The fourth-order valence-electron chi connectivity index (χ4n) is 3.32. The van der Waals surface area contributed by atoms with E-state index in [1.165, 1.54) is 7.11 Å². The Morgan fingerprint density at radius 1 is 1.00 bits per heavy atom. The highest BCUT2D eigenvalue weighted by atomic mass is 35.5. The number of ether oxygens (including phenoxy) is 3. The van der Waals surface area contributed by atoms with E-state index in [1.807, 2.05) is 37.3 Å². The zero-order valence-electron chi connectivity index (χ0n) is 15.8. The number of benzene rings is 2. The summed E-state index contributed by atoms with van der Waals surface area (Å²) in [5.74, 6) is 0.808. The lowest BCUT2D eigenvalue weighted by atomic mass is 9.92. The molecule has 6 nitrogen and oxygen atoms in total. The van der Waals surface area contributed by atoms with Crippen LogP contribution in [0.25, 0.3) is 0 Å². The Hall–Kier alpha value is -1.67. The Morgan fingerprint density at radius 2 is 1.71 bits per heavy atom. The van der Waals surface area contributed by atoms with E-state index in [2.05, 4.69) is 0 Å². The maximum Gasteiger partial charge on any atom is 0.186 e. The monoisotopic (exact) mass is 408 g/mol. The quantitative estimate of drug-likeness (QED) is 0.680. The van der Waals surface area contributed by atoms with Crippen molar-refractivity contribution in [3.8, 4) is 5.75 Å². The van der Waals surface area contributed by atoms with Crippen LogP contribution in [0.2, 0.25) is 5.02 Å². The molecule has 1 aliphatic rings. The van der Waals surface area contributed by atoms with E-state index in [0.29, 0.717) is 23.6 Å². The lowest BCUT2D eigenvalue weighted by Gasteiger charge is -2.40. The molecule has 152 valence electrons. The van der Waals surface area contributed by atoms with Crippen molar-refractivity contribution in [2.75, 3.05) is 13.7 Å². The second-order valence-corrected chi connectivity index (χ2v) is 7.14. The zero-order valence-corrected chi connectivity index (χ0v) is 16.5. The third-order valence-corrected chi connectivity index (χ3v) is 5.20. The van der Waals surface area contributed by atoms with Crippen molar-refractivity contribution in [3.05, 3.63) is 64.2 Å². The van der Waals surface area contributed by atoms with Crippen molar-refractivity contribution in [3.63, 3.8) is 0 Å². The van der Waals surface area contributed by atoms with Gasteiger partial charge in [0.1, 0.15) is 30.2 Å². The smallest absolute Gasteiger partial charge is 0.186 e. The molecule has 1 heterocycles. The number of aliphatic hydroxyl groups is 3. The number of hydrogen-bond donors (Lipinski definition) is 3. The Balaban J connectivity index is 1.82. The molecule has 3 N–H and O–H groups in total.